The van der Waals surface area contributed by atoms with Crippen molar-refractivity contribution in [3.8, 4) is 0 Å². The van der Waals surface area contributed by atoms with Gasteiger partial charge in [-0.25, -0.2) is 9.18 Å². The summed E-state index contributed by atoms with van der Waals surface area (Å²) in [6, 6.07) is 1.39. The van der Waals surface area contributed by atoms with E-state index in [-0.39, 0.29) is 12.2 Å². The smallest absolute Gasteiger partial charge is 0.351 e. The lowest BCUT2D eigenvalue weighted by molar-refractivity contribution is -0.137. The zero-order valence-corrected chi connectivity index (χ0v) is 9.49. The molecular formula is C10H14FN3O4. The van der Waals surface area contributed by atoms with Gasteiger partial charge in [0.05, 0.1) is 12.7 Å². The van der Waals surface area contributed by atoms with Gasteiger partial charge in [0.2, 0.25) is 0 Å². The minimum absolute atomic E-state index is 0.00398. The molecule has 1 aromatic heterocycles. The number of nitrogens with two attached hydrogens (primary N) is 1. The Kier molecular flexibility index (Phi) is 3.33. The van der Waals surface area contributed by atoms with Crippen molar-refractivity contribution in [2.24, 2.45) is 0 Å². The number of anilines is 1. The summed E-state index contributed by atoms with van der Waals surface area (Å²) in [7, 11) is 0. The van der Waals surface area contributed by atoms with Gasteiger partial charge in [0.25, 0.3) is 0 Å². The quantitative estimate of drug-likeness (QED) is 0.629. The lowest BCUT2D eigenvalue weighted by atomic mass is 10.00. The molecule has 0 aliphatic carbocycles. The number of nitrogen functional groups attached to an aromatic ring is 1. The molecular weight excluding hydrogens is 245 g/mol. The molecule has 1 aliphatic rings. The van der Waals surface area contributed by atoms with Gasteiger partial charge in [-0.15, -0.1) is 0 Å². The number of halogens is 1. The number of hydrogen-bond donors (Lipinski definition) is 3. The molecule has 3 atom stereocenters. The molecule has 1 saturated heterocycles. The van der Waals surface area contributed by atoms with Gasteiger partial charge in [-0.3, -0.25) is 4.57 Å². The normalized spacial score (nSPS) is 31.7. The Morgan fingerprint density at radius 3 is 2.94 bits per heavy atom. The maximum Gasteiger partial charge on any atom is 0.351 e. The zero-order chi connectivity index (χ0) is 13.3. The molecule has 1 aliphatic heterocycles. The predicted molar refractivity (Wildman–Crippen MR) is 59.4 cm³/mol. The van der Waals surface area contributed by atoms with Gasteiger partial charge >= 0.3 is 5.69 Å². The van der Waals surface area contributed by atoms with Crippen LogP contribution in [-0.4, -0.2) is 44.8 Å². The van der Waals surface area contributed by atoms with Gasteiger partial charge in [-0.2, -0.15) is 4.98 Å². The Hall–Kier alpha value is -1.51. The van der Waals surface area contributed by atoms with Crippen molar-refractivity contribution in [2.45, 2.75) is 24.4 Å². The highest BCUT2D eigenvalue weighted by atomic mass is 19.1. The monoisotopic (exact) mass is 259 g/mol. The molecule has 4 N–H and O–H groups in total. The molecule has 0 aromatic carbocycles. The highest BCUT2D eigenvalue weighted by Gasteiger charge is 2.49. The second-order valence-corrected chi connectivity index (χ2v) is 4.22. The van der Waals surface area contributed by atoms with Crippen molar-refractivity contribution in [1.82, 2.24) is 9.55 Å². The number of ether oxygens (including phenoxy) is 1. The summed E-state index contributed by atoms with van der Waals surface area (Å²) in [5, 5.41) is 18.8. The van der Waals surface area contributed by atoms with Crippen LogP contribution in [0.5, 0.6) is 0 Å². The molecule has 8 heteroatoms. The number of rotatable bonds is 3. The number of hydrogen-bond acceptors (Lipinski definition) is 6. The van der Waals surface area contributed by atoms with Crippen LogP contribution in [-0.2, 0) is 4.74 Å². The van der Waals surface area contributed by atoms with Crippen LogP contribution in [0.15, 0.2) is 17.1 Å². The minimum Gasteiger partial charge on any atom is -0.393 e. The van der Waals surface area contributed by atoms with E-state index in [1.807, 2.05) is 0 Å². The van der Waals surface area contributed by atoms with Crippen molar-refractivity contribution in [2.75, 3.05) is 19.0 Å². The number of nitrogens with zero attached hydrogens (tertiary/aromatic N) is 2. The average Bonchev–Trinajstić information content (AvgIpc) is 2.67. The summed E-state index contributed by atoms with van der Waals surface area (Å²) in [5.41, 5.74) is 3.02. The van der Waals surface area contributed by atoms with Crippen LogP contribution in [0.3, 0.4) is 0 Å². The Bertz CT molecular complexity index is 488. The van der Waals surface area contributed by atoms with E-state index in [2.05, 4.69) is 4.98 Å². The first-order valence-corrected chi connectivity index (χ1v) is 5.40. The molecule has 100 valence electrons. The molecule has 0 unspecified atom stereocenters. The molecule has 1 aromatic rings. The minimum atomic E-state index is -1.68. The summed E-state index contributed by atoms with van der Waals surface area (Å²) in [4.78, 5) is 15.1. The third kappa shape index (κ3) is 1.98. The fraction of sp³-hybridized carbons (Fsp3) is 0.600. The Balaban J connectivity index is 2.30. The van der Waals surface area contributed by atoms with Crippen molar-refractivity contribution < 1.29 is 19.3 Å². The fourth-order valence-electron chi connectivity index (χ4n) is 1.92. The van der Waals surface area contributed by atoms with Crippen molar-refractivity contribution in [3.63, 3.8) is 0 Å². The average molecular weight is 259 g/mol. The maximum atomic E-state index is 12.9. The van der Waals surface area contributed by atoms with Gasteiger partial charge in [-0.1, -0.05) is 0 Å². The summed E-state index contributed by atoms with van der Waals surface area (Å²) < 4.78 is 19.3. The molecule has 18 heavy (non-hydrogen) atoms. The Labute approximate surface area is 102 Å². The lowest BCUT2D eigenvalue weighted by Crippen LogP contribution is -2.45. The molecule has 0 amide bonds. The lowest BCUT2D eigenvalue weighted by Gasteiger charge is -2.26. The van der Waals surface area contributed by atoms with E-state index in [4.69, 9.17) is 15.6 Å². The van der Waals surface area contributed by atoms with Crippen LogP contribution in [0, 0.1) is 0 Å². The van der Waals surface area contributed by atoms with E-state index in [1.165, 1.54) is 12.3 Å². The molecule has 0 bridgehead atoms. The summed E-state index contributed by atoms with van der Waals surface area (Å²) >= 11 is 0. The Morgan fingerprint density at radius 1 is 1.72 bits per heavy atom. The van der Waals surface area contributed by atoms with Crippen LogP contribution in [0.4, 0.5) is 10.2 Å². The molecule has 1 fully saturated rings. The van der Waals surface area contributed by atoms with E-state index in [0.29, 0.717) is 0 Å². The van der Waals surface area contributed by atoms with Gasteiger partial charge in [0, 0.05) is 12.6 Å². The molecule has 0 radical (unpaired) electrons. The Morgan fingerprint density at radius 2 is 2.44 bits per heavy atom. The standard InChI is InChI=1S/C10H14FN3O4/c11-4-10(5-15)6(16)3-8(18-10)14-2-1-7(12)13-9(14)17/h1-2,6,8,15-16H,3-5H2,(H2,12,13,17)/t6-,8+,10+/m0/s1. The van der Waals surface area contributed by atoms with Crippen molar-refractivity contribution in [3.05, 3.63) is 22.7 Å². The van der Waals surface area contributed by atoms with E-state index in [1.54, 1.807) is 0 Å². The highest BCUT2D eigenvalue weighted by molar-refractivity contribution is 5.23. The third-order valence-corrected chi connectivity index (χ3v) is 3.06. The van der Waals surface area contributed by atoms with Crippen LogP contribution >= 0.6 is 0 Å². The number of aliphatic hydroxyl groups is 2. The second-order valence-electron chi connectivity index (χ2n) is 4.22. The fourth-order valence-corrected chi connectivity index (χ4v) is 1.92. The second kappa shape index (κ2) is 4.63. The molecule has 7 nitrogen and oxygen atoms in total. The molecule has 0 spiro atoms. The van der Waals surface area contributed by atoms with Crippen LogP contribution in [0.25, 0.3) is 0 Å². The maximum absolute atomic E-state index is 12.9. The molecule has 2 rings (SSSR count). The third-order valence-electron chi connectivity index (χ3n) is 3.06. The predicted octanol–water partition coefficient (Wildman–Crippen LogP) is -1.19. The van der Waals surface area contributed by atoms with E-state index < -0.39 is 36.9 Å². The number of aromatic nitrogens is 2. The highest BCUT2D eigenvalue weighted by Crippen LogP contribution is 2.36. The SMILES string of the molecule is Nc1ccn([C@H]2C[C@H](O)[C@](CO)(CF)O2)c(=O)n1. The van der Waals surface area contributed by atoms with Crippen LogP contribution < -0.4 is 11.4 Å². The van der Waals surface area contributed by atoms with Crippen molar-refractivity contribution in [1.29, 1.82) is 0 Å². The largest absolute Gasteiger partial charge is 0.393 e. The summed E-state index contributed by atoms with van der Waals surface area (Å²) in [6.07, 6.45) is -0.713. The van der Waals surface area contributed by atoms with E-state index in [0.717, 1.165) is 4.57 Å². The first-order chi connectivity index (χ1) is 8.52. The van der Waals surface area contributed by atoms with Gasteiger partial charge in [0.15, 0.2) is 0 Å². The van der Waals surface area contributed by atoms with E-state index >= 15 is 0 Å². The topological polar surface area (TPSA) is 111 Å². The van der Waals surface area contributed by atoms with Gasteiger partial charge < -0.3 is 20.7 Å². The van der Waals surface area contributed by atoms with E-state index in [9.17, 15) is 14.3 Å². The molecule has 0 saturated carbocycles. The molecule has 2 heterocycles. The van der Waals surface area contributed by atoms with Gasteiger partial charge in [-0.05, 0) is 6.07 Å². The zero-order valence-electron chi connectivity index (χ0n) is 9.49. The van der Waals surface area contributed by atoms with Crippen LogP contribution in [0.2, 0.25) is 0 Å². The summed E-state index contributed by atoms with van der Waals surface area (Å²) in [5.74, 6) is 0.0636. The van der Waals surface area contributed by atoms with Gasteiger partial charge in [0.1, 0.15) is 24.3 Å². The van der Waals surface area contributed by atoms with Crippen molar-refractivity contribution >= 4 is 5.82 Å². The first kappa shape index (κ1) is 12.9. The number of aliphatic hydroxyl groups excluding tert-OH is 2. The summed E-state index contributed by atoms with van der Waals surface area (Å²) in [6.45, 7) is -1.71. The first-order valence-electron chi connectivity index (χ1n) is 5.40. The number of alkyl halides is 1. The van der Waals surface area contributed by atoms with Crippen LogP contribution in [0.1, 0.15) is 12.6 Å².